The Morgan fingerprint density at radius 3 is 2.21 bits per heavy atom. The van der Waals surface area contributed by atoms with Crippen LogP contribution in [-0.4, -0.2) is 41.8 Å². The molecule has 0 spiro atoms. The number of Topliss-reactive ketones (excluding diaryl/α,β-unsaturated/α-hetero) is 1. The van der Waals surface area contributed by atoms with Crippen LogP contribution < -0.4 is 21.5 Å². The lowest BCUT2D eigenvalue weighted by Crippen LogP contribution is -2.43. The van der Waals surface area contributed by atoms with Gasteiger partial charge in [-0.05, 0) is 30.0 Å². The van der Waals surface area contributed by atoms with Crippen LogP contribution in [0.5, 0.6) is 5.75 Å². The molecule has 0 aliphatic heterocycles. The van der Waals surface area contributed by atoms with Crippen molar-refractivity contribution in [3.8, 4) is 5.75 Å². The summed E-state index contributed by atoms with van der Waals surface area (Å²) in [6, 6.07) is 13.5. The van der Waals surface area contributed by atoms with Crippen LogP contribution >= 0.6 is 0 Å². The molecule has 34 heavy (non-hydrogen) atoms. The first kappa shape index (κ1) is 24.7. The van der Waals surface area contributed by atoms with Crippen LogP contribution in [0.1, 0.15) is 36.2 Å². The molecule has 0 bridgehead atoms. The lowest BCUT2D eigenvalue weighted by Gasteiger charge is -2.25. The maximum absolute atomic E-state index is 12.9. The van der Waals surface area contributed by atoms with Gasteiger partial charge in [-0.25, -0.2) is 0 Å². The molecule has 0 aliphatic carbocycles. The van der Waals surface area contributed by atoms with Crippen LogP contribution in [0.2, 0.25) is 0 Å². The van der Waals surface area contributed by atoms with Crippen molar-refractivity contribution in [2.24, 2.45) is 5.92 Å². The Kier molecular flexibility index (Phi) is 7.50. The number of ketones is 1. The zero-order chi connectivity index (χ0) is 25.0. The minimum atomic E-state index is -0.759. The molecule has 8 nitrogen and oxygen atoms in total. The van der Waals surface area contributed by atoms with Crippen molar-refractivity contribution in [3.05, 3.63) is 80.1 Å². The molecule has 0 radical (unpaired) electrons. The highest BCUT2D eigenvalue weighted by molar-refractivity contribution is 5.99. The van der Waals surface area contributed by atoms with E-state index in [-0.39, 0.29) is 46.5 Å². The summed E-state index contributed by atoms with van der Waals surface area (Å²) in [5, 5.41) is 16.3. The van der Waals surface area contributed by atoms with E-state index in [1.54, 1.807) is 20.2 Å². The minimum Gasteiger partial charge on any atom is -0.505 e. The van der Waals surface area contributed by atoms with Gasteiger partial charge in [0.1, 0.15) is 11.4 Å². The first-order valence-electron chi connectivity index (χ1n) is 11.1. The molecule has 3 rings (SSSR count). The summed E-state index contributed by atoms with van der Waals surface area (Å²) in [4.78, 5) is 51.2. The SMILES string of the molecule is CC(C)[C@@H](Nc1c(Nc2cccc(C(=O)N(C)C)c2O)c(=O)c1=O)C(=O)CCc1ccccc1. The van der Waals surface area contributed by atoms with E-state index in [9.17, 15) is 24.3 Å². The smallest absolute Gasteiger partial charge is 0.257 e. The Hall–Kier alpha value is -3.94. The number of carbonyl (C=O) groups is 2. The van der Waals surface area contributed by atoms with Crippen molar-refractivity contribution in [1.82, 2.24) is 4.90 Å². The third kappa shape index (κ3) is 5.17. The zero-order valence-electron chi connectivity index (χ0n) is 19.7. The molecule has 8 heteroatoms. The van der Waals surface area contributed by atoms with Crippen molar-refractivity contribution >= 4 is 28.8 Å². The van der Waals surface area contributed by atoms with E-state index in [1.807, 2.05) is 44.2 Å². The number of amides is 1. The van der Waals surface area contributed by atoms with Gasteiger partial charge in [-0.3, -0.25) is 19.2 Å². The van der Waals surface area contributed by atoms with E-state index >= 15 is 0 Å². The molecule has 0 saturated carbocycles. The molecule has 3 aromatic rings. The van der Waals surface area contributed by atoms with E-state index < -0.39 is 22.8 Å². The van der Waals surface area contributed by atoms with Crippen LogP contribution in [0.3, 0.4) is 0 Å². The van der Waals surface area contributed by atoms with Crippen LogP contribution in [0, 0.1) is 5.92 Å². The second-order valence-electron chi connectivity index (χ2n) is 8.75. The quantitative estimate of drug-likeness (QED) is 0.313. The van der Waals surface area contributed by atoms with Gasteiger partial charge in [0.15, 0.2) is 11.5 Å². The highest BCUT2D eigenvalue weighted by Crippen LogP contribution is 2.32. The summed E-state index contributed by atoms with van der Waals surface area (Å²) in [5.41, 5.74) is -0.331. The highest BCUT2D eigenvalue weighted by atomic mass is 16.3. The van der Waals surface area contributed by atoms with Crippen LogP contribution in [-0.2, 0) is 11.2 Å². The van der Waals surface area contributed by atoms with Gasteiger partial charge in [0, 0.05) is 20.5 Å². The van der Waals surface area contributed by atoms with Gasteiger partial charge in [0.25, 0.3) is 16.8 Å². The number of benzene rings is 2. The third-order valence-corrected chi connectivity index (χ3v) is 5.66. The fourth-order valence-corrected chi connectivity index (χ4v) is 3.68. The maximum atomic E-state index is 12.9. The topological polar surface area (TPSA) is 116 Å². The van der Waals surface area contributed by atoms with Crippen molar-refractivity contribution < 1.29 is 14.7 Å². The monoisotopic (exact) mass is 463 g/mol. The van der Waals surface area contributed by atoms with E-state index in [2.05, 4.69) is 10.6 Å². The van der Waals surface area contributed by atoms with Gasteiger partial charge in [0.2, 0.25) is 0 Å². The summed E-state index contributed by atoms with van der Waals surface area (Å²) in [5.74, 6) is -0.942. The summed E-state index contributed by atoms with van der Waals surface area (Å²) in [6.45, 7) is 3.72. The molecule has 0 saturated heterocycles. The van der Waals surface area contributed by atoms with Crippen LogP contribution in [0.15, 0.2) is 58.1 Å². The Morgan fingerprint density at radius 2 is 1.59 bits per heavy atom. The molecule has 0 unspecified atom stereocenters. The number of nitrogens with zero attached hydrogens (tertiary/aromatic N) is 1. The number of hydrogen-bond acceptors (Lipinski definition) is 7. The van der Waals surface area contributed by atoms with Crippen LogP contribution in [0.4, 0.5) is 17.1 Å². The molecular weight excluding hydrogens is 434 g/mol. The normalized spacial score (nSPS) is 11.9. The molecule has 0 aliphatic rings. The molecule has 0 fully saturated rings. The Morgan fingerprint density at radius 1 is 0.941 bits per heavy atom. The number of phenols is 1. The van der Waals surface area contributed by atoms with Gasteiger partial charge >= 0.3 is 0 Å². The van der Waals surface area contributed by atoms with Crippen molar-refractivity contribution in [2.45, 2.75) is 32.7 Å². The van der Waals surface area contributed by atoms with Crippen molar-refractivity contribution in [3.63, 3.8) is 0 Å². The largest absolute Gasteiger partial charge is 0.505 e. The number of aryl methyl sites for hydroxylation is 1. The highest BCUT2D eigenvalue weighted by Gasteiger charge is 2.29. The Labute approximate surface area is 197 Å². The number of para-hydroxylation sites is 1. The van der Waals surface area contributed by atoms with Gasteiger partial charge in [-0.1, -0.05) is 50.2 Å². The predicted octanol–water partition coefficient (Wildman–Crippen LogP) is 3.07. The Bertz CT molecular complexity index is 1260. The summed E-state index contributed by atoms with van der Waals surface area (Å²) in [6.07, 6.45) is 0.857. The number of aromatic hydroxyl groups is 1. The van der Waals surface area contributed by atoms with E-state index in [0.717, 1.165) is 5.56 Å². The minimum absolute atomic E-state index is 0.000463. The number of carbonyl (C=O) groups excluding carboxylic acids is 2. The number of nitrogens with one attached hydrogen (secondary N) is 2. The molecule has 1 amide bonds. The first-order chi connectivity index (χ1) is 16.1. The van der Waals surface area contributed by atoms with E-state index in [0.29, 0.717) is 6.42 Å². The summed E-state index contributed by atoms with van der Waals surface area (Å²) >= 11 is 0. The maximum Gasteiger partial charge on any atom is 0.257 e. The average molecular weight is 464 g/mol. The van der Waals surface area contributed by atoms with Gasteiger partial charge in [0.05, 0.1) is 17.3 Å². The standard InChI is InChI=1S/C26H29N3O5/c1-15(2)20(19(30)14-13-16-9-6-5-7-10-16)28-22-21(24(32)25(22)33)27-18-12-8-11-17(23(18)31)26(34)29(3)4/h5-12,15,20,27-28,31H,13-14H2,1-4H3/t20-/m1/s1. The second-order valence-corrected chi connectivity index (χ2v) is 8.75. The average Bonchev–Trinajstić information content (AvgIpc) is 2.82. The molecule has 3 N–H and O–H groups in total. The Balaban J connectivity index is 1.81. The van der Waals surface area contributed by atoms with Crippen molar-refractivity contribution in [1.29, 1.82) is 0 Å². The molecule has 3 aromatic carbocycles. The van der Waals surface area contributed by atoms with Gasteiger partial charge in [-0.2, -0.15) is 0 Å². The first-order valence-corrected chi connectivity index (χ1v) is 11.1. The third-order valence-electron chi connectivity index (χ3n) is 5.66. The number of rotatable bonds is 10. The number of hydrogen-bond donors (Lipinski definition) is 3. The molecule has 0 aromatic heterocycles. The fraction of sp³-hybridized carbons (Fsp3) is 0.308. The van der Waals surface area contributed by atoms with E-state index in [4.69, 9.17) is 0 Å². The van der Waals surface area contributed by atoms with Crippen LogP contribution in [0.25, 0.3) is 0 Å². The molecule has 178 valence electrons. The molecule has 0 heterocycles. The van der Waals surface area contributed by atoms with E-state index in [1.165, 1.54) is 17.0 Å². The lowest BCUT2D eigenvalue weighted by atomic mass is 9.94. The number of phenolic OH excluding ortho intramolecular Hbond substituents is 1. The second kappa shape index (κ2) is 10.3. The predicted molar refractivity (Wildman–Crippen MR) is 133 cm³/mol. The summed E-state index contributed by atoms with van der Waals surface area (Å²) < 4.78 is 0. The molecule has 1 atom stereocenters. The lowest BCUT2D eigenvalue weighted by molar-refractivity contribution is -0.120. The zero-order valence-corrected chi connectivity index (χ0v) is 19.7. The fourth-order valence-electron chi connectivity index (χ4n) is 3.68. The van der Waals surface area contributed by atoms with Gasteiger partial charge < -0.3 is 20.6 Å². The van der Waals surface area contributed by atoms with Gasteiger partial charge in [-0.15, -0.1) is 0 Å². The number of anilines is 3. The summed E-state index contributed by atoms with van der Waals surface area (Å²) in [7, 11) is 3.11. The molecular formula is C26H29N3O5. The van der Waals surface area contributed by atoms with Crippen molar-refractivity contribution in [2.75, 3.05) is 24.7 Å².